The van der Waals surface area contributed by atoms with Crippen LogP contribution in [0, 0.1) is 0 Å². The molecule has 116 valence electrons. The van der Waals surface area contributed by atoms with Crippen LogP contribution in [0.3, 0.4) is 0 Å². The van der Waals surface area contributed by atoms with Gasteiger partial charge in [0.1, 0.15) is 30.9 Å². The molecule has 0 radical (unpaired) electrons. The third-order valence-corrected chi connectivity index (χ3v) is 3.09. The van der Waals surface area contributed by atoms with Gasteiger partial charge in [0.25, 0.3) is 0 Å². The Labute approximate surface area is 133 Å². The largest absolute Gasteiger partial charge is 0.486 e. The molecule has 0 fully saturated rings. The van der Waals surface area contributed by atoms with Crippen LogP contribution in [0.25, 0.3) is 22.6 Å². The molecule has 0 spiro atoms. The lowest BCUT2D eigenvalue weighted by molar-refractivity contribution is 0.308. The minimum Gasteiger partial charge on any atom is -0.486 e. The van der Waals surface area contributed by atoms with Crippen LogP contribution in [0.4, 0.5) is 0 Å². The van der Waals surface area contributed by atoms with Crippen molar-refractivity contribution in [2.45, 2.75) is 0 Å². The van der Waals surface area contributed by atoms with Gasteiger partial charge in [0.2, 0.25) is 0 Å². The van der Waals surface area contributed by atoms with E-state index in [0.29, 0.717) is 36.2 Å². The Morgan fingerprint density at radius 3 is 2.61 bits per heavy atom. The number of fused-ring (bicyclic) bond motifs is 1. The van der Waals surface area contributed by atoms with Crippen LogP contribution in [0.1, 0.15) is 0 Å². The molecule has 1 aromatic carbocycles. The van der Waals surface area contributed by atoms with E-state index in [9.17, 15) is 0 Å². The Morgan fingerprint density at radius 2 is 1.87 bits per heavy atom. The zero-order valence-corrected chi connectivity index (χ0v) is 12.5. The van der Waals surface area contributed by atoms with Crippen LogP contribution in [-0.2, 0) is 0 Å². The molecule has 2 heterocycles. The van der Waals surface area contributed by atoms with E-state index < -0.39 is 0 Å². The van der Waals surface area contributed by atoms with Crippen LogP contribution >= 0.6 is 0 Å². The fraction of sp³-hybridized carbons (Fsp3) is 0.118. The highest BCUT2D eigenvalue weighted by molar-refractivity contribution is 5.75. The first-order chi connectivity index (χ1) is 11.3. The highest BCUT2D eigenvalue weighted by Gasteiger charge is 2.11. The highest BCUT2D eigenvalue weighted by Crippen LogP contribution is 2.32. The molecule has 3 aromatic rings. The molecule has 0 unspecified atom stereocenters. The SMILES string of the molecule is C=CCOc1ccc(-c2nc3ncncc3[nH]2)cc1OCC=C. The molecule has 0 amide bonds. The van der Waals surface area contributed by atoms with Crippen molar-refractivity contribution in [3.05, 3.63) is 56.0 Å². The van der Waals surface area contributed by atoms with Gasteiger partial charge in [-0.15, -0.1) is 0 Å². The molecular formula is C17H16N4O2. The molecule has 0 aliphatic heterocycles. The molecule has 6 nitrogen and oxygen atoms in total. The predicted octanol–water partition coefficient (Wildman–Crippen LogP) is 3.15. The predicted molar refractivity (Wildman–Crippen MR) is 88.5 cm³/mol. The maximum Gasteiger partial charge on any atom is 0.181 e. The van der Waals surface area contributed by atoms with Gasteiger partial charge in [-0.25, -0.2) is 15.0 Å². The molecule has 0 bridgehead atoms. The number of nitrogens with zero attached hydrogens (tertiary/aromatic N) is 3. The van der Waals surface area contributed by atoms with E-state index in [2.05, 4.69) is 33.1 Å². The third kappa shape index (κ3) is 3.21. The zero-order valence-electron chi connectivity index (χ0n) is 12.5. The van der Waals surface area contributed by atoms with Gasteiger partial charge in [-0.2, -0.15) is 0 Å². The first-order valence-corrected chi connectivity index (χ1v) is 7.09. The Bertz CT molecular complexity index is 808. The maximum atomic E-state index is 5.67. The first-order valence-electron chi connectivity index (χ1n) is 7.09. The molecular weight excluding hydrogens is 292 g/mol. The lowest BCUT2D eigenvalue weighted by Gasteiger charge is -2.11. The monoisotopic (exact) mass is 308 g/mol. The average molecular weight is 308 g/mol. The molecule has 6 heteroatoms. The molecule has 23 heavy (non-hydrogen) atoms. The Hall–Kier alpha value is -3.15. The number of nitrogens with one attached hydrogen (secondary N) is 1. The van der Waals surface area contributed by atoms with Gasteiger partial charge in [0.05, 0.1) is 6.20 Å². The molecule has 0 atom stereocenters. The molecule has 1 N–H and O–H groups in total. The fourth-order valence-electron chi connectivity index (χ4n) is 2.08. The smallest absolute Gasteiger partial charge is 0.181 e. The third-order valence-electron chi connectivity index (χ3n) is 3.09. The van der Waals surface area contributed by atoms with Crippen molar-refractivity contribution < 1.29 is 9.47 Å². The number of hydrogen-bond acceptors (Lipinski definition) is 5. The minimum absolute atomic E-state index is 0.388. The number of H-pyrrole nitrogens is 1. The van der Waals surface area contributed by atoms with Crippen LogP contribution in [0.5, 0.6) is 11.5 Å². The van der Waals surface area contributed by atoms with E-state index in [1.54, 1.807) is 18.3 Å². The summed E-state index contributed by atoms with van der Waals surface area (Å²) in [5.74, 6) is 1.96. The second-order valence-corrected chi connectivity index (χ2v) is 4.71. The number of aromatic amines is 1. The number of rotatable bonds is 7. The van der Waals surface area contributed by atoms with Crippen molar-refractivity contribution in [2.75, 3.05) is 13.2 Å². The van der Waals surface area contributed by atoms with Crippen molar-refractivity contribution in [1.82, 2.24) is 19.9 Å². The topological polar surface area (TPSA) is 72.9 Å². The maximum absolute atomic E-state index is 5.67. The first kappa shape index (κ1) is 14.8. The number of hydrogen-bond donors (Lipinski definition) is 1. The molecule has 0 saturated heterocycles. The van der Waals surface area contributed by atoms with Crippen LogP contribution in [0.15, 0.2) is 56.0 Å². The van der Waals surface area contributed by atoms with E-state index in [1.807, 2.05) is 18.2 Å². The van der Waals surface area contributed by atoms with Gasteiger partial charge in [-0.1, -0.05) is 25.3 Å². The van der Waals surface area contributed by atoms with E-state index >= 15 is 0 Å². The highest BCUT2D eigenvalue weighted by atomic mass is 16.5. The minimum atomic E-state index is 0.388. The number of imidazole rings is 1. The molecule has 3 rings (SSSR count). The number of aromatic nitrogens is 4. The van der Waals surface area contributed by atoms with Crippen molar-refractivity contribution in [3.8, 4) is 22.9 Å². The summed E-state index contributed by atoms with van der Waals surface area (Å²) in [5.41, 5.74) is 2.27. The van der Waals surface area contributed by atoms with Gasteiger partial charge < -0.3 is 14.5 Å². The average Bonchev–Trinajstić information content (AvgIpc) is 3.02. The molecule has 0 aliphatic carbocycles. The van der Waals surface area contributed by atoms with Gasteiger partial charge >= 0.3 is 0 Å². The summed E-state index contributed by atoms with van der Waals surface area (Å²) >= 11 is 0. The van der Waals surface area contributed by atoms with Crippen molar-refractivity contribution >= 4 is 11.2 Å². The molecule has 0 aliphatic rings. The van der Waals surface area contributed by atoms with Crippen molar-refractivity contribution in [1.29, 1.82) is 0 Å². The van der Waals surface area contributed by atoms with Crippen LogP contribution in [-0.4, -0.2) is 33.1 Å². The summed E-state index contributed by atoms with van der Waals surface area (Å²) in [4.78, 5) is 15.7. The lowest BCUT2D eigenvalue weighted by atomic mass is 10.2. The standard InChI is InChI=1S/C17H16N4O2/c1-3-7-22-14-6-5-12(9-15(14)23-8-4-2)16-20-13-10-18-11-19-17(13)21-16/h3-6,9-11H,1-2,7-8H2,(H,18,19,20,21). The summed E-state index contributed by atoms with van der Waals surface area (Å²) < 4.78 is 11.3. The number of benzene rings is 1. The summed E-state index contributed by atoms with van der Waals surface area (Å²) in [5, 5.41) is 0. The summed E-state index contributed by atoms with van der Waals surface area (Å²) in [6.45, 7) is 8.10. The van der Waals surface area contributed by atoms with E-state index in [0.717, 1.165) is 11.1 Å². The molecule has 0 saturated carbocycles. The summed E-state index contributed by atoms with van der Waals surface area (Å²) in [6.07, 6.45) is 6.52. The Morgan fingerprint density at radius 1 is 1.09 bits per heavy atom. The second kappa shape index (κ2) is 6.74. The van der Waals surface area contributed by atoms with E-state index in [4.69, 9.17) is 9.47 Å². The lowest BCUT2D eigenvalue weighted by Crippen LogP contribution is -1.99. The van der Waals surface area contributed by atoms with Gasteiger partial charge in [-0.05, 0) is 18.2 Å². The van der Waals surface area contributed by atoms with Crippen LogP contribution < -0.4 is 9.47 Å². The van der Waals surface area contributed by atoms with Crippen molar-refractivity contribution in [3.63, 3.8) is 0 Å². The van der Waals surface area contributed by atoms with Gasteiger partial charge in [0, 0.05) is 5.56 Å². The van der Waals surface area contributed by atoms with Crippen molar-refractivity contribution in [2.24, 2.45) is 0 Å². The Kier molecular flexibility index (Phi) is 4.33. The quantitative estimate of drug-likeness (QED) is 0.679. The zero-order chi connectivity index (χ0) is 16.1. The van der Waals surface area contributed by atoms with Gasteiger partial charge in [-0.3, -0.25) is 0 Å². The summed E-state index contributed by atoms with van der Waals surface area (Å²) in [6, 6.07) is 5.62. The normalized spacial score (nSPS) is 10.4. The van der Waals surface area contributed by atoms with E-state index in [1.165, 1.54) is 6.33 Å². The number of ether oxygens (including phenoxy) is 2. The fourth-order valence-corrected chi connectivity index (χ4v) is 2.08. The second-order valence-electron chi connectivity index (χ2n) is 4.71. The summed E-state index contributed by atoms with van der Waals surface area (Å²) in [7, 11) is 0. The van der Waals surface area contributed by atoms with Gasteiger partial charge in [0.15, 0.2) is 17.1 Å². The van der Waals surface area contributed by atoms with Crippen LogP contribution in [0.2, 0.25) is 0 Å². The van der Waals surface area contributed by atoms with E-state index in [-0.39, 0.29) is 0 Å². The Balaban J connectivity index is 1.97. The molecule has 2 aromatic heterocycles.